The maximum atomic E-state index is 9.60. The van der Waals surface area contributed by atoms with Gasteiger partial charge in [-0.3, -0.25) is 4.99 Å². The molecule has 0 aliphatic heterocycles. The summed E-state index contributed by atoms with van der Waals surface area (Å²) in [6.45, 7) is 4.60. The van der Waals surface area contributed by atoms with Crippen molar-refractivity contribution in [1.82, 2.24) is 10.2 Å². The molecule has 14 heavy (non-hydrogen) atoms. The first-order valence-corrected chi connectivity index (χ1v) is 4.07. The first-order valence-electron chi connectivity index (χ1n) is 4.07. The third-order valence-corrected chi connectivity index (χ3v) is 1.22. The van der Waals surface area contributed by atoms with E-state index in [9.17, 15) is 4.79 Å². The topological polar surface area (TPSA) is 64.9 Å². The van der Waals surface area contributed by atoms with Crippen LogP contribution < -0.4 is 5.32 Å². The van der Waals surface area contributed by atoms with E-state index in [0.717, 1.165) is 5.96 Å². The van der Waals surface area contributed by atoms with Crippen LogP contribution in [-0.2, 0) is 4.79 Å². The van der Waals surface area contributed by atoms with Crippen LogP contribution in [0.4, 0.5) is 0 Å². The standard InChI is InChI=1S/C5H13N3.C4H6O2/c1-6-5(7-2)8(3)4;1-3(2)4(5)6/h1-4H3,(H,6,7);1H2,2H3,(H,5,6). The van der Waals surface area contributed by atoms with Crippen molar-refractivity contribution in [3.8, 4) is 0 Å². The Morgan fingerprint density at radius 1 is 1.50 bits per heavy atom. The van der Waals surface area contributed by atoms with Crippen LogP contribution >= 0.6 is 0 Å². The van der Waals surface area contributed by atoms with Crippen LogP contribution in [0.3, 0.4) is 0 Å². The van der Waals surface area contributed by atoms with E-state index in [2.05, 4.69) is 16.9 Å². The summed E-state index contributed by atoms with van der Waals surface area (Å²) in [7, 11) is 7.49. The van der Waals surface area contributed by atoms with Gasteiger partial charge in [-0.1, -0.05) is 6.58 Å². The minimum atomic E-state index is -0.935. The fourth-order valence-electron chi connectivity index (χ4n) is 0.535. The number of guanidine groups is 1. The average Bonchev–Trinajstić information content (AvgIpc) is 2.06. The molecule has 2 N–H and O–H groups in total. The third kappa shape index (κ3) is 8.58. The molecule has 0 aromatic carbocycles. The Labute approximate surface area is 85.1 Å². The van der Waals surface area contributed by atoms with E-state index >= 15 is 0 Å². The van der Waals surface area contributed by atoms with E-state index in [4.69, 9.17) is 5.11 Å². The molecule has 0 saturated carbocycles. The van der Waals surface area contributed by atoms with Crippen molar-refractivity contribution >= 4 is 11.9 Å². The lowest BCUT2D eigenvalue weighted by Gasteiger charge is -2.12. The van der Waals surface area contributed by atoms with Gasteiger partial charge in [0.05, 0.1) is 0 Å². The predicted molar refractivity (Wildman–Crippen MR) is 58.6 cm³/mol. The van der Waals surface area contributed by atoms with Crippen LogP contribution in [0.2, 0.25) is 0 Å². The van der Waals surface area contributed by atoms with E-state index in [1.807, 2.05) is 26.0 Å². The number of aliphatic carboxylic acids is 1. The highest BCUT2D eigenvalue weighted by molar-refractivity contribution is 5.84. The van der Waals surface area contributed by atoms with Gasteiger partial charge in [-0.25, -0.2) is 4.79 Å². The molecule has 5 heteroatoms. The highest BCUT2D eigenvalue weighted by Crippen LogP contribution is 1.81. The van der Waals surface area contributed by atoms with Crippen LogP contribution in [0.5, 0.6) is 0 Å². The van der Waals surface area contributed by atoms with Crippen LogP contribution in [0, 0.1) is 0 Å². The summed E-state index contributed by atoms with van der Waals surface area (Å²) in [5.74, 6) is -0.0417. The molecule has 0 aliphatic carbocycles. The number of rotatable bonds is 1. The Morgan fingerprint density at radius 2 is 1.86 bits per heavy atom. The zero-order valence-corrected chi connectivity index (χ0v) is 9.46. The molecule has 82 valence electrons. The van der Waals surface area contributed by atoms with Gasteiger partial charge in [0.25, 0.3) is 0 Å². The number of aliphatic imine (C=N–C) groups is 1. The van der Waals surface area contributed by atoms with Gasteiger partial charge in [-0.15, -0.1) is 0 Å². The molecule has 0 spiro atoms. The van der Waals surface area contributed by atoms with E-state index in [-0.39, 0.29) is 5.57 Å². The molecule has 5 nitrogen and oxygen atoms in total. The van der Waals surface area contributed by atoms with Gasteiger partial charge in [-0.05, 0) is 6.92 Å². The van der Waals surface area contributed by atoms with Gasteiger partial charge in [0.15, 0.2) is 5.96 Å². The second-order valence-electron chi connectivity index (χ2n) is 2.78. The molecule has 0 heterocycles. The van der Waals surface area contributed by atoms with Crippen LogP contribution in [-0.4, -0.2) is 50.1 Å². The molecule has 0 fully saturated rings. The second kappa shape index (κ2) is 8.10. The molecule has 0 bridgehead atoms. The molecule has 0 aliphatic rings. The van der Waals surface area contributed by atoms with Gasteiger partial charge < -0.3 is 15.3 Å². The number of carboxylic acids is 1. The minimum absolute atomic E-state index is 0.176. The second-order valence-corrected chi connectivity index (χ2v) is 2.78. The van der Waals surface area contributed by atoms with Gasteiger partial charge >= 0.3 is 5.97 Å². The van der Waals surface area contributed by atoms with Gasteiger partial charge in [0.1, 0.15) is 0 Å². The Bertz CT molecular complexity index is 210. The van der Waals surface area contributed by atoms with Crippen molar-refractivity contribution in [2.45, 2.75) is 6.92 Å². The third-order valence-electron chi connectivity index (χ3n) is 1.22. The van der Waals surface area contributed by atoms with Crippen molar-refractivity contribution in [3.63, 3.8) is 0 Å². The van der Waals surface area contributed by atoms with E-state index in [1.165, 1.54) is 6.92 Å². The maximum Gasteiger partial charge on any atom is 0.330 e. The van der Waals surface area contributed by atoms with Gasteiger partial charge in [0, 0.05) is 33.8 Å². The minimum Gasteiger partial charge on any atom is -0.478 e. The van der Waals surface area contributed by atoms with Gasteiger partial charge in [0.2, 0.25) is 0 Å². The molecule has 0 amide bonds. The quantitative estimate of drug-likeness (QED) is 0.366. The lowest BCUT2D eigenvalue weighted by Crippen LogP contribution is -2.33. The number of nitrogens with one attached hydrogen (secondary N) is 1. The zero-order chi connectivity index (χ0) is 11.7. The molecule has 0 rings (SSSR count). The monoisotopic (exact) mass is 201 g/mol. The number of hydrogen-bond donors (Lipinski definition) is 2. The summed E-state index contributed by atoms with van der Waals surface area (Å²) in [4.78, 5) is 15.5. The van der Waals surface area contributed by atoms with Crippen molar-refractivity contribution in [3.05, 3.63) is 12.2 Å². The van der Waals surface area contributed by atoms with Crippen LogP contribution in [0.25, 0.3) is 0 Å². The molecule has 0 saturated heterocycles. The fraction of sp³-hybridized carbons (Fsp3) is 0.556. The van der Waals surface area contributed by atoms with E-state index in [1.54, 1.807) is 7.05 Å². The lowest BCUT2D eigenvalue weighted by molar-refractivity contribution is -0.132. The fourth-order valence-corrected chi connectivity index (χ4v) is 0.535. The normalized spacial score (nSPS) is 9.64. The Kier molecular flexibility index (Phi) is 8.66. The van der Waals surface area contributed by atoms with Crippen molar-refractivity contribution in [2.24, 2.45) is 4.99 Å². The summed E-state index contributed by atoms with van der Waals surface area (Å²) in [6.07, 6.45) is 0. The highest BCUT2D eigenvalue weighted by Gasteiger charge is 1.91. The molecular formula is C9H19N3O2. The average molecular weight is 201 g/mol. The predicted octanol–water partition coefficient (Wildman–Crippen LogP) is 0.400. The Hall–Kier alpha value is -1.52. The lowest BCUT2D eigenvalue weighted by atomic mass is 10.4. The summed E-state index contributed by atoms with van der Waals surface area (Å²) in [5, 5.41) is 10.8. The molecule has 0 atom stereocenters. The zero-order valence-electron chi connectivity index (χ0n) is 9.46. The summed E-state index contributed by atoms with van der Waals surface area (Å²) >= 11 is 0. The smallest absolute Gasteiger partial charge is 0.330 e. The summed E-state index contributed by atoms with van der Waals surface area (Å²) < 4.78 is 0. The van der Waals surface area contributed by atoms with Crippen molar-refractivity contribution in [1.29, 1.82) is 0 Å². The number of nitrogens with zero attached hydrogens (tertiary/aromatic N) is 2. The summed E-state index contributed by atoms with van der Waals surface area (Å²) in [6, 6.07) is 0. The summed E-state index contributed by atoms with van der Waals surface area (Å²) in [5.41, 5.74) is 0.176. The maximum absolute atomic E-state index is 9.60. The van der Waals surface area contributed by atoms with Crippen molar-refractivity contribution < 1.29 is 9.90 Å². The number of hydrogen-bond acceptors (Lipinski definition) is 2. The van der Waals surface area contributed by atoms with Crippen molar-refractivity contribution in [2.75, 3.05) is 28.2 Å². The Balaban J connectivity index is 0. The molecular weight excluding hydrogens is 182 g/mol. The molecule has 0 radical (unpaired) electrons. The largest absolute Gasteiger partial charge is 0.478 e. The highest BCUT2D eigenvalue weighted by atomic mass is 16.4. The van der Waals surface area contributed by atoms with E-state index < -0.39 is 5.97 Å². The molecule has 0 aromatic rings. The van der Waals surface area contributed by atoms with Gasteiger partial charge in [-0.2, -0.15) is 0 Å². The van der Waals surface area contributed by atoms with Crippen LogP contribution in [0.1, 0.15) is 6.92 Å². The SMILES string of the molecule is C=C(C)C(=O)O.CN=C(NC)N(C)C. The Morgan fingerprint density at radius 3 is 1.86 bits per heavy atom. The first-order chi connectivity index (χ1) is 6.36. The van der Waals surface area contributed by atoms with Crippen LogP contribution in [0.15, 0.2) is 17.1 Å². The molecule has 0 aromatic heterocycles. The van der Waals surface area contributed by atoms with E-state index in [0.29, 0.717) is 0 Å². The number of carboxylic acid groups (broad SMARTS) is 1. The molecule has 0 unspecified atom stereocenters. The first kappa shape index (κ1) is 15.0. The number of carbonyl (C=O) groups is 1.